The normalized spacial score (nSPS) is 15.8. The SMILES string of the molecule is COc1cccc(N2C(=O)N(C(C)C(F)(F)F)Cc3cnc(S(C)(=O)=O)nc32)c1Cl. The number of amides is 2. The molecule has 0 fully saturated rings. The Morgan fingerprint density at radius 1 is 1.30 bits per heavy atom. The number of alkyl halides is 3. The van der Waals surface area contributed by atoms with Gasteiger partial charge in [-0.25, -0.2) is 23.1 Å². The first-order valence-corrected chi connectivity index (χ1v) is 10.7. The van der Waals surface area contributed by atoms with E-state index >= 15 is 0 Å². The van der Waals surface area contributed by atoms with Gasteiger partial charge >= 0.3 is 12.2 Å². The lowest BCUT2D eigenvalue weighted by molar-refractivity contribution is -0.172. The number of benzene rings is 1. The second-order valence-corrected chi connectivity index (χ2v) is 8.82. The van der Waals surface area contributed by atoms with Crippen molar-refractivity contribution in [3.8, 4) is 5.75 Å². The predicted octanol–water partition coefficient (Wildman–Crippen LogP) is 3.57. The summed E-state index contributed by atoms with van der Waals surface area (Å²) in [5.41, 5.74) is 0.108. The first-order chi connectivity index (χ1) is 13.9. The Labute approximate surface area is 175 Å². The van der Waals surface area contributed by atoms with Crippen molar-refractivity contribution in [2.45, 2.75) is 30.8 Å². The molecule has 3 rings (SSSR count). The van der Waals surface area contributed by atoms with E-state index in [1.54, 1.807) is 0 Å². The minimum atomic E-state index is -4.69. The van der Waals surface area contributed by atoms with Gasteiger partial charge in [-0.1, -0.05) is 17.7 Å². The number of halogens is 4. The first-order valence-electron chi connectivity index (χ1n) is 8.42. The van der Waals surface area contributed by atoms with E-state index in [2.05, 4.69) is 9.97 Å². The maximum atomic E-state index is 13.4. The molecule has 0 saturated carbocycles. The van der Waals surface area contributed by atoms with Crippen LogP contribution in [0.15, 0.2) is 29.6 Å². The zero-order chi connectivity index (χ0) is 22.4. The van der Waals surface area contributed by atoms with Gasteiger partial charge in [-0.05, 0) is 19.1 Å². The van der Waals surface area contributed by atoms with E-state index in [-0.39, 0.29) is 27.8 Å². The molecule has 0 spiro atoms. The van der Waals surface area contributed by atoms with Gasteiger partial charge < -0.3 is 9.64 Å². The molecule has 1 aromatic heterocycles. The summed E-state index contributed by atoms with van der Waals surface area (Å²) in [6, 6.07) is 1.17. The van der Waals surface area contributed by atoms with E-state index in [1.807, 2.05) is 0 Å². The molecule has 0 radical (unpaired) electrons. The molecule has 30 heavy (non-hydrogen) atoms. The van der Waals surface area contributed by atoms with Gasteiger partial charge in [0.15, 0.2) is 5.82 Å². The number of hydrogen-bond acceptors (Lipinski definition) is 6. The Balaban J connectivity index is 2.26. The minimum Gasteiger partial charge on any atom is -0.495 e. The highest BCUT2D eigenvalue weighted by Crippen LogP contribution is 2.42. The van der Waals surface area contributed by atoms with E-state index < -0.39 is 39.8 Å². The summed E-state index contributed by atoms with van der Waals surface area (Å²) in [5, 5.41) is -0.629. The maximum absolute atomic E-state index is 13.4. The molecule has 2 heterocycles. The summed E-state index contributed by atoms with van der Waals surface area (Å²) >= 11 is 6.30. The van der Waals surface area contributed by atoms with Crippen molar-refractivity contribution < 1.29 is 31.1 Å². The molecular weight excluding hydrogens is 449 g/mol. The van der Waals surface area contributed by atoms with Crippen LogP contribution in [0.2, 0.25) is 5.02 Å². The van der Waals surface area contributed by atoms with Gasteiger partial charge in [-0.2, -0.15) is 18.2 Å². The van der Waals surface area contributed by atoms with Crippen molar-refractivity contribution in [1.82, 2.24) is 14.9 Å². The van der Waals surface area contributed by atoms with Crippen LogP contribution in [0.4, 0.5) is 29.5 Å². The largest absolute Gasteiger partial charge is 0.495 e. The summed E-state index contributed by atoms with van der Waals surface area (Å²) < 4.78 is 69.0. The van der Waals surface area contributed by atoms with Gasteiger partial charge in [0.05, 0.1) is 19.3 Å². The van der Waals surface area contributed by atoms with Gasteiger partial charge in [0, 0.05) is 18.0 Å². The van der Waals surface area contributed by atoms with Gasteiger partial charge in [0.2, 0.25) is 15.0 Å². The van der Waals surface area contributed by atoms with Gasteiger partial charge in [0.1, 0.15) is 16.8 Å². The Kier molecular flexibility index (Phi) is 5.58. The Morgan fingerprint density at radius 3 is 2.53 bits per heavy atom. The van der Waals surface area contributed by atoms with E-state index in [1.165, 1.54) is 25.3 Å². The smallest absolute Gasteiger partial charge is 0.408 e. The van der Waals surface area contributed by atoms with E-state index in [0.29, 0.717) is 4.90 Å². The highest BCUT2D eigenvalue weighted by molar-refractivity contribution is 7.90. The van der Waals surface area contributed by atoms with Crippen LogP contribution < -0.4 is 9.64 Å². The van der Waals surface area contributed by atoms with Crippen molar-refractivity contribution in [3.05, 3.63) is 35.0 Å². The Morgan fingerprint density at radius 2 is 1.97 bits per heavy atom. The van der Waals surface area contributed by atoms with Crippen LogP contribution in [0.3, 0.4) is 0 Å². The lowest BCUT2D eigenvalue weighted by Gasteiger charge is -2.39. The highest BCUT2D eigenvalue weighted by atomic mass is 35.5. The molecule has 1 aliphatic heterocycles. The Hall–Kier alpha value is -2.60. The monoisotopic (exact) mass is 464 g/mol. The number of methoxy groups -OCH3 is 1. The fourth-order valence-electron chi connectivity index (χ4n) is 2.86. The third kappa shape index (κ3) is 3.88. The molecule has 2 aromatic rings. The molecule has 162 valence electrons. The number of carbonyl (C=O) groups is 1. The molecule has 0 aliphatic carbocycles. The number of ether oxygens (including phenoxy) is 1. The number of urea groups is 1. The third-order valence-corrected chi connectivity index (χ3v) is 5.73. The molecule has 0 N–H and O–H groups in total. The second-order valence-electron chi connectivity index (χ2n) is 6.53. The molecule has 1 atom stereocenters. The average molecular weight is 465 g/mol. The third-order valence-electron chi connectivity index (χ3n) is 4.49. The van der Waals surface area contributed by atoms with Crippen molar-refractivity contribution in [1.29, 1.82) is 0 Å². The number of nitrogens with zero attached hydrogens (tertiary/aromatic N) is 4. The number of rotatable bonds is 4. The Bertz CT molecular complexity index is 1110. The fraction of sp³-hybridized carbons (Fsp3) is 0.353. The molecular formula is C17H16ClF3N4O4S. The van der Waals surface area contributed by atoms with Gasteiger partial charge in [-0.15, -0.1) is 0 Å². The molecule has 2 amide bonds. The minimum absolute atomic E-state index is 0.0144. The van der Waals surface area contributed by atoms with Crippen LogP contribution in [-0.4, -0.2) is 54.9 Å². The maximum Gasteiger partial charge on any atom is 0.408 e. The molecule has 0 bridgehead atoms. The molecule has 8 nitrogen and oxygen atoms in total. The van der Waals surface area contributed by atoms with Crippen LogP contribution in [0.5, 0.6) is 5.75 Å². The zero-order valence-corrected chi connectivity index (χ0v) is 17.5. The van der Waals surface area contributed by atoms with Crippen molar-refractivity contribution in [3.63, 3.8) is 0 Å². The quantitative estimate of drug-likeness (QED) is 0.642. The molecule has 1 aliphatic rings. The lowest BCUT2D eigenvalue weighted by atomic mass is 10.1. The summed E-state index contributed by atoms with van der Waals surface area (Å²) in [4.78, 5) is 22.2. The number of aromatic nitrogens is 2. The average Bonchev–Trinajstić information content (AvgIpc) is 2.66. The van der Waals surface area contributed by atoms with Crippen molar-refractivity contribution in [2.75, 3.05) is 18.3 Å². The van der Waals surface area contributed by atoms with Crippen LogP contribution in [-0.2, 0) is 16.4 Å². The lowest BCUT2D eigenvalue weighted by Crippen LogP contribution is -2.53. The first kappa shape index (κ1) is 22.1. The summed E-state index contributed by atoms with van der Waals surface area (Å²) in [7, 11) is -2.51. The van der Waals surface area contributed by atoms with Crippen LogP contribution in [0.1, 0.15) is 12.5 Å². The van der Waals surface area contributed by atoms with E-state index in [0.717, 1.165) is 24.3 Å². The summed E-state index contributed by atoms with van der Waals surface area (Å²) in [6.07, 6.45) is -2.73. The predicted molar refractivity (Wildman–Crippen MR) is 102 cm³/mol. The van der Waals surface area contributed by atoms with E-state index in [4.69, 9.17) is 16.3 Å². The molecule has 13 heteroatoms. The summed E-state index contributed by atoms with van der Waals surface area (Å²) in [6.45, 7) is 0.386. The summed E-state index contributed by atoms with van der Waals surface area (Å²) in [5.74, 6) is -0.00175. The standard InChI is InChI=1S/C17H16ClF3N4O4S/c1-9(17(19,20)21)24-8-10-7-22-15(30(3,27)28)23-14(10)25(16(24)26)11-5-4-6-12(29-2)13(11)18/h4-7,9H,8H2,1-3H3. The number of carbonyl (C=O) groups excluding carboxylic acids is 1. The molecule has 1 unspecified atom stereocenters. The van der Waals surface area contributed by atoms with Gasteiger partial charge in [-0.3, -0.25) is 0 Å². The van der Waals surface area contributed by atoms with Crippen LogP contribution in [0.25, 0.3) is 0 Å². The van der Waals surface area contributed by atoms with E-state index in [9.17, 15) is 26.4 Å². The van der Waals surface area contributed by atoms with Crippen LogP contribution in [0, 0.1) is 0 Å². The topological polar surface area (TPSA) is 92.7 Å². The molecule has 1 aromatic carbocycles. The number of anilines is 2. The van der Waals surface area contributed by atoms with Crippen molar-refractivity contribution >= 4 is 39.0 Å². The fourth-order valence-corrected chi connectivity index (χ4v) is 3.65. The molecule has 0 saturated heterocycles. The van der Waals surface area contributed by atoms with Crippen LogP contribution >= 0.6 is 11.6 Å². The zero-order valence-electron chi connectivity index (χ0n) is 15.9. The number of hydrogen-bond donors (Lipinski definition) is 0. The second kappa shape index (κ2) is 7.58. The van der Waals surface area contributed by atoms with Gasteiger partial charge in [0.25, 0.3) is 0 Å². The number of sulfone groups is 1. The highest BCUT2D eigenvalue weighted by Gasteiger charge is 2.46. The number of fused-ring (bicyclic) bond motifs is 1. The van der Waals surface area contributed by atoms with Crippen molar-refractivity contribution in [2.24, 2.45) is 0 Å².